The van der Waals surface area contributed by atoms with Crippen LogP contribution in [0.2, 0.25) is 0 Å². The van der Waals surface area contributed by atoms with E-state index in [2.05, 4.69) is 9.97 Å². The summed E-state index contributed by atoms with van der Waals surface area (Å²) < 4.78 is 0. The summed E-state index contributed by atoms with van der Waals surface area (Å²) in [5.74, 6) is -0.0710. The number of para-hydroxylation sites is 1. The molecule has 6 heteroatoms. The Hall–Kier alpha value is -2.18. The summed E-state index contributed by atoms with van der Waals surface area (Å²) in [6.45, 7) is 0.490. The lowest BCUT2D eigenvalue weighted by Crippen LogP contribution is -2.42. The Morgan fingerprint density at radius 3 is 3.05 bits per heavy atom. The summed E-state index contributed by atoms with van der Waals surface area (Å²) in [4.78, 5) is 21.4. The van der Waals surface area contributed by atoms with Gasteiger partial charge in [-0.15, -0.1) is 11.3 Å². The number of benzene rings is 1. The second-order valence-electron chi connectivity index (χ2n) is 5.34. The Labute approximate surface area is 132 Å². The van der Waals surface area contributed by atoms with Gasteiger partial charge in [0.05, 0.1) is 23.8 Å². The Morgan fingerprint density at radius 1 is 1.45 bits per heavy atom. The zero-order chi connectivity index (χ0) is 15.5. The lowest BCUT2D eigenvalue weighted by Gasteiger charge is -2.20. The molecule has 0 radical (unpaired) electrons. The van der Waals surface area contributed by atoms with Crippen LogP contribution in [0.25, 0.3) is 10.9 Å². The van der Waals surface area contributed by atoms with Crippen molar-refractivity contribution in [3.8, 4) is 0 Å². The third-order valence-corrected chi connectivity index (χ3v) is 4.33. The molecule has 1 amide bonds. The van der Waals surface area contributed by atoms with Crippen molar-refractivity contribution in [1.82, 2.24) is 14.9 Å². The van der Waals surface area contributed by atoms with Crippen LogP contribution >= 0.6 is 11.3 Å². The molecule has 0 aliphatic carbocycles. The van der Waals surface area contributed by atoms with Gasteiger partial charge < -0.3 is 15.6 Å². The molecule has 3 N–H and O–H groups in total. The van der Waals surface area contributed by atoms with Crippen LogP contribution in [0.4, 0.5) is 0 Å². The van der Waals surface area contributed by atoms with Gasteiger partial charge in [0, 0.05) is 29.5 Å². The number of nitrogens with two attached hydrogens (primary N) is 1. The molecule has 0 saturated carbocycles. The molecular weight excluding hydrogens is 296 g/mol. The van der Waals surface area contributed by atoms with E-state index in [0.717, 1.165) is 22.2 Å². The number of carbonyl (C=O) groups excluding carboxylic acids is 1. The van der Waals surface area contributed by atoms with E-state index in [1.807, 2.05) is 35.8 Å². The number of hydrogen-bond donors (Lipinski definition) is 2. The molecule has 1 atom stereocenters. The third kappa shape index (κ3) is 3.03. The number of H-pyrrole nitrogens is 1. The second-order valence-corrected chi connectivity index (χ2v) is 6.06. The van der Waals surface area contributed by atoms with E-state index in [-0.39, 0.29) is 5.91 Å². The van der Waals surface area contributed by atoms with Gasteiger partial charge >= 0.3 is 0 Å². The minimum absolute atomic E-state index is 0.0710. The van der Waals surface area contributed by atoms with Crippen LogP contribution in [0.3, 0.4) is 0 Å². The predicted octanol–water partition coefficient (Wildman–Crippen LogP) is 2.15. The number of aromatic amines is 1. The highest BCUT2D eigenvalue weighted by Gasteiger charge is 2.20. The topological polar surface area (TPSA) is 75.0 Å². The molecule has 2 heterocycles. The standard InChI is InChI=1S/C16H18N4OS/c1-20(8-12-9-22-10-19-12)16(21)14(17)6-11-7-18-15-5-3-2-4-13(11)15/h2-5,7,9-10,14,18H,6,8,17H2,1H3/t14-/m0/s1. The quantitative estimate of drug-likeness (QED) is 0.758. The van der Waals surface area contributed by atoms with Crippen molar-refractivity contribution in [2.24, 2.45) is 5.73 Å². The number of nitrogens with one attached hydrogen (secondary N) is 1. The van der Waals surface area contributed by atoms with Gasteiger partial charge in [-0.1, -0.05) is 18.2 Å². The highest BCUT2D eigenvalue weighted by molar-refractivity contribution is 7.07. The lowest BCUT2D eigenvalue weighted by molar-refractivity contribution is -0.131. The Morgan fingerprint density at radius 2 is 2.27 bits per heavy atom. The number of aromatic nitrogens is 2. The molecule has 0 unspecified atom stereocenters. The number of carbonyl (C=O) groups is 1. The van der Waals surface area contributed by atoms with Crippen molar-refractivity contribution >= 4 is 28.1 Å². The van der Waals surface area contributed by atoms with Crippen LogP contribution in [0.15, 0.2) is 41.4 Å². The maximum Gasteiger partial charge on any atom is 0.239 e. The summed E-state index contributed by atoms with van der Waals surface area (Å²) in [5.41, 5.74) is 10.9. The lowest BCUT2D eigenvalue weighted by atomic mass is 10.0. The van der Waals surface area contributed by atoms with Crippen molar-refractivity contribution in [1.29, 1.82) is 0 Å². The van der Waals surface area contributed by atoms with E-state index in [4.69, 9.17) is 5.73 Å². The van der Waals surface area contributed by atoms with Crippen molar-refractivity contribution in [3.05, 3.63) is 52.6 Å². The maximum absolute atomic E-state index is 12.4. The minimum atomic E-state index is -0.553. The molecule has 0 aliphatic heterocycles. The molecule has 0 aliphatic rings. The second kappa shape index (κ2) is 6.29. The van der Waals surface area contributed by atoms with Crippen LogP contribution in [-0.2, 0) is 17.8 Å². The molecular formula is C16H18N4OS. The summed E-state index contributed by atoms with van der Waals surface area (Å²) in [6.07, 6.45) is 2.45. The molecule has 114 valence electrons. The van der Waals surface area contributed by atoms with E-state index >= 15 is 0 Å². The van der Waals surface area contributed by atoms with E-state index < -0.39 is 6.04 Å². The first-order chi connectivity index (χ1) is 10.6. The van der Waals surface area contributed by atoms with Gasteiger partial charge in [0.15, 0.2) is 0 Å². The summed E-state index contributed by atoms with van der Waals surface area (Å²) in [6, 6.07) is 7.47. The van der Waals surface area contributed by atoms with Crippen molar-refractivity contribution in [2.75, 3.05) is 7.05 Å². The molecule has 0 fully saturated rings. The molecule has 3 rings (SSSR count). The van der Waals surface area contributed by atoms with Crippen molar-refractivity contribution < 1.29 is 4.79 Å². The number of thiazole rings is 1. The monoisotopic (exact) mass is 314 g/mol. The number of hydrogen-bond acceptors (Lipinski definition) is 4. The van der Waals surface area contributed by atoms with Gasteiger partial charge in [-0.05, 0) is 18.1 Å². The molecule has 0 saturated heterocycles. The number of fused-ring (bicyclic) bond motifs is 1. The Balaban J connectivity index is 1.68. The molecule has 22 heavy (non-hydrogen) atoms. The summed E-state index contributed by atoms with van der Waals surface area (Å²) in [7, 11) is 1.76. The normalized spacial score (nSPS) is 12.5. The molecule has 5 nitrogen and oxygen atoms in total. The van der Waals surface area contributed by atoms with Crippen LogP contribution in [0.5, 0.6) is 0 Å². The van der Waals surface area contributed by atoms with Crippen LogP contribution < -0.4 is 5.73 Å². The molecule has 0 spiro atoms. The van der Waals surface area contributed by atoms with Gasteiger partial charge in [-0.2, -0.15) is 0 Å². The molecule has 3 aromatic rings. The van der Waals surface area contributed by atoms with Gasteiger partial charge in [-0.3, -0.25) is 4.79 Å². The van der Waals surface area contributed by atoms with E-state index in [0.29, 0.717) is 13.0 Å². The first-order valence-corrected chi connectivity index (χ1v) is 8.02. The van der Waals surface area contributed by atoms with Gasteiger partial charge in [0.1, 0.15) is 0 Å². The van der Waals surface area contributed by atoms with Crippen LogP contribution in [-0.4, -0.2) is 33.9 Å². The van der Waals surface area contributed by atoms with Gasteiger partial charge in [0.2, 0.25) is 5.91 Å². The fraction of sp³-hybridized carbons (Fsp3) is 0.250. The fourth-order valence-electron chi connectivity index (χ4n) is 2.54. The SMILES string of the molecule is CN(Cc1cscn1)C(=O)[C@@H](N)Cc1c[nH]c2ccccc12. The summed E-state index contributed by atoms with van der Waals surface area (Å²) in [5, 5.41) is 3.06. The third-order valence-electron chi connectivity index (χ3n) is 3.69. The number of nitrogens with zero attached hydrogens (tertiary/aromatic N) is 2. The first-order valence-electron chi connectivity index (χ1n) is 7.08. The predicted molar refractivity (Wildman–Crippen MR) is 88.6 cm³/mol. The fourth-order valence-corrected chi connectivity index (χ4v) is 3.09. The van der Waals surface area contributed by atoms with Gasteiger partial charge in [-0.25, -0.2) is 4.98 Å². The molecule has 0 bridgehead atoms. The van der Waals surface area contributed by atoms with E-state index in [1.54, 1.807) is 17.5 Å². The highest BCUT2D eigenvalue weighted by atomic mass is 32.1. The van der Waals surface area contributed by atoms with Gasteiger partial charge in [0.25, 0.3) is 0 Å². The van der Waals surface area contributed by atoms with Crippen LogP contribution in [0.1, 0.15) is 11.3 Å². The average Bonchev–Trinajstić information content (AvgIpc) is 3.17. The zero-order valence-electron chi connectivity index (χ0n) is 12.3. The number of amides is 1. The molecule has 2 aromatic heterocycles. The Kier molecular flexibility index (Phi) is 4.22. The highest BCUT2D eigenvalue weighted by Crippen LogP contribution is 2.19. The minimum Gasteiger partial charge on any atom is -0.361 e. The first kappa shape index (κ1) is 14.7. The van der Waals surface area contributed by atoms with Crippen molar-refractivity contribution in [2.45, 2.75) is 19.0 Å². The van der Waals surface area contributed by atoms with Crippen LogP contribution in [0, 0.1) is 0 Å². The molecule has 1 aromatic carbocycles. The number of likely N-dealkylation sites (N-methyl/N-ethyl adjacent to an activating group) is 1. The van der Waals surface area contributed by atoms with E-state index in [9.17, 15) is 4.79 Å². The largest absolute Gasteiger partial charge is 0.361 e. The summed E-state index contributed by atoms with van der Waals surface area (Å²) >= 11 is 1.52. The Bertz CT molecular complexity index is 765. The zero-order valence-corrected chi connectivity index (χ0v) is 13.1. The van der Waals surface area contributed by atoms with E-state index in [1.165, 1.54) is 11.3 Å². The average molecular weight is 314 g/mol. The smallest absolute Gasteiger partial charge is 0.239 e. The number of rotatable bonds is 5. The maximum atomic E-state index is 12.4. The van der Waals surface area contributed by atoms with Crippen molar-refractivity contribution in [3.63, 3.8) is 0 Å².